The van der Waals surface area contributed by atoms with E-state index in [4.69, 9.17) is 32.7 Å². The molecule has 0 aliphatic carbocycles. The zero-order valence-corrected chi connectivity index (χ0v) is 42.8. The Labute approximate surface area is 413 Å². The van der Waals surface area contributed by atoms with Gasteiger partial charge in [-0.15, -0.1) is 12.4 Å². The van der Waals surface area contributed by atoms with E-state index in [1.54, 1.807) is 34.1 Å². The Bertz CT molecular complexity index is 2880. The fourth-order valence-electron chi connectivity index (χ4n) is 6.42. The Morgan fingerprint density at radius 2 is 1.15 bits per heavy atom. The molecule has 3 N–H and O–H groups in total. The van der Waals surface area contributed by atoms with E-state index >= 15 is 0 Å². The van der Waals surface area contributed by atoms with Crippen molar-refractivity contribution in [2.24, 2.45) is 0 Å². The lowest BCUT2D eigenvalue weighted by molar-refractivity contribution is 0.142. The quantitative estimate of drug-likeness (QED) is 0.139. The Kier molecular flexibility index (Phi) is 18.8. The number of benzene rings is 2. The predicted molar refractivity (Wildman–Crippen MR) is 262 cm³/mol. The van der Waals surface area contributed by atoms with Crippen LogP contribution in [0, 0.1) is 0 Å². The van der Waals surface area contributed by atoms with E-state index in [9.17, 15) is 26.4 Å². The molecule has 6 aromatic rings. The molecule has 28 heteroatoms. The predicted octanol–water partition coefficient (Wildman–Crippen LogP) is 6.09. The Morgan fingerprint density at radius 3 is 1.59 bits per heavy atom. The molecule has 2 aliphatic heterocycles. The lowest BCUT2D eigenvalue weighted by Crippen LogP contribution is -2.49. The lowest BCUT2D eigenvalue weighted by Gasteiger charge is -2.34. The highest BCUT2D eigenvalue weighted by Crippen LogP contribution is 2.31. The maximum atomic E-state index is 12.7. The normalized spacial score (nSPS) is 14.3. The van der Waals surface area contributed by atoms with Crippen molar-refractivity contribution in [3.63, 3.8) is 0 Å². The molecule has 6 heterocycles. The number of nitrogens with zero attached hydrogens (tertiary/aromatic N) is 9. The number of rotatable bonds is 9. The number of fused-ring (bicyclic) bond motifs is 2. The minimum atomic E-state index is -3.39. The fourth-order valence-corrected chi connectivity index (χ4v) is 11.1. The highest BCUT2D eigenvalue weighted by atomic mass is 79.9. The number of sulfone groups is 2. The van der Waals surface area contributed by atoms with Crippen LogP contribution in [0.1, 0.15) is 11.1 Å². The first kappa shape index (κ1) is 52.7. The monoisotopic (exact) mass is 1110 g/mol. The van der Waals surface area contributed by atoms with Crippen LogP contribution < -0.4 is 25.4 Å². The summed E-state index contributed by atoms with van der Waals surface area (Å²) >= 11 is 17.4. The van der Waals surface area contributed by atoms with Crippen LogP contribution in [0.15, 0.2) is 58.8 Å². The number of alkyl halides is 1. The molecule has 4 aromatic heterocycles. The van der Waals surface area contributed by atoms with Crippen LogP contribution in [0.3, 0.4) is 0 Å². The standard InChI is InChI=1S/C19H21ClN6O4S2.C11H14N6O2S.C8H8BrClO2S.ClH/c1-30-16-15-17(22-11-21-16)31-18(23-15)24-19(27)26-7-5-25(6-8-26)10-12-3-4-13(20)9-14(12)32(2,28)29;1-19-8-7-9(14-6-13-8)20-10(15-7)16-11(18)17-4-2-12-3-5-17;1-13(11,12)8-4-7(10)3-2-6(8)5-9;/h3-4,9,11H,5-8,10H2,1-2H3,(H,23,24,27);6,12H,2-5H2,1H3,(H,15,16,18);2-4H,5H2,1H3;1H. The van der Waals surface area contributed by atoms with Crippen molar-refractivity contribution in [2.75, 3.05) is 89.7 Å². The molecule has 0 atom stereocenters. The van der Waals surface area contributed by atoms with Gasteiger partial charge in [0.05, 0.1) is 24.0 Å². The number of hydrogen-bond acceptors (Lipinski definition) is 18. The third-order valence-corrected chi connectivity index (χ3v) is 14.8. The number of carbonyl (C=O) groups is 2. The molecule has 0 spiro atoms. The largest absolute Gasteiger partial charge is 0.479 e. The van der Waals surface area contributed by atoms with Crippen molar-refractivity contribution in [1.82, 2.24) is 49.9 Å². The van der Waals surface area contributed by atoms with Crippen LogP contribution in [-0.2, 0) is 31.5 Å². The highest BCUT2D eigenvalue weighted by molar-refractivity contribution is 9.08. The molecular weight excluding hydrogens is 1070 g/mol. The second-order valence-corrected chi connectivity index (χ2v) is 21.5. The number of urea groups is 2. The lowest BCUT2D eigenvalue weighted by atomic mass is 10.2. The Balaban J connectivity index is 0.000000205. The number of hydrogen-bond donors (Lipinski definition) is 3. The average molecular weight is 1110 g/mol. The van der Waals surface area contributed by atoms with Gasteiger partial charge in [0.2, 0.25) is 11.8 Å². The molecule has 0 saturated carbocycles. The van der Waals surface area contributed by atoms with Gasteiger partial charge in [0, 0.05) is 86.8 Å². The highest BCUT2D eigenvalue weighted by Gasteiger charge is 2.25. The smallest absolute Gasteiger partial charge is 0.323 e. The van der Waals surface area contributed by atoms with Gasteiger partial charge in [0.15, 0.2) is 50.6 Å². The summed E-state index contributed by atoms with van der Waals surface area (Å²) in [7, 11) is -3.54. The van der Waals surface area contributed by atoms with Gasteiger partial charge in [-0.3, -0.25) is 15.5 Å². The van der Waals surface area contributed by atoms with E-state index in [1.807, 2.05) is 0 Å². The number of aromatic nitrogens is 6. The molecule has 0 radical (unpaired) electrons. The number of ether oxygens (including phenoxy) is 2. The van der Waals surface area contributed by atoms with Gasteiger partial charge in [-0.1, -0.05) is 73.9 Å². The summed E-state index contributed by atoms with van der Waals surface area (Å²) in [4.78, 5) is 57.1. The third-order valence-electron chi connectivity index (χ3n) is 9.60. The molecule has 356 valence electrons. The van der Waals surface area contributed by atoms with Crippen LogP contribution in [0.4, 0.5) is 19.9 Å². The van der Waals surface area contributed by atoms with Crippen molar-refractivity contribution in [1.29, 1.82) is 0 Å². The molecule has 0 unspecified atom stereocenters. The van der Waals surface area contributed by atoms with E-state index in [-0.39, 0.29) is 34.3 Å². The number of anilines is 2. The molecular formula is C38H44BrCl3N12O8S4. The molecule has 4 amide bonds. The van der Waals surface area contributed by atoms with E-state index in [2.05, 4.69) is 66.7 Å². The maximum Gasteiger partial charge on any atom is 0.323 e. The summed E-state index contributed by atoms with van der Waals surface area (Å²) in [6, 6.07) is 9.35. The minimum absolute atomic E-state index is 0. The summed E-state index contributed by atoms with van der Waals surface area (Å²) in [5.41, 5.74) is 2.49. The number of carbonyl (C=O) groups excluding carboxylic acids is 2. The van der Waals surface area contributed by atoms with Crippen molar-refractivity contribution in [3.8, 4) is 11.8 Å². The molecule has 0 bridgehead atoms. The zero-order chi connectivity index (χ0) is 46.9. The van der Waals surface area contributed by atoms with E-state index < -0.39 is 19.7 Å². The van der Waals surface area contributed by atoms with Crippen LogP contribution in [-0.4, -0.2) is 153 Å². The molecule has 2 aliphatic rings. The van der Waals surface area contributed by atoms with E-state index in [1.165, 1.54) is 74.2 Å². The zero-order valence-electron chi connectivity index (χ0n) is 35.7. The van der Waals surface area contributed by atoms with E-state index in [0.717, 1.165) is 18.7 Å². The number of thiazole rings is 2. The third kappa shape index (κ3) is 13.9. The summed E-state index contributed by atoms with van der Waals surface area (Å²) in [5.74, 6) is 0.768. The summed E-state index contributed by atoms with van der Waals surface area (Å²) in [5, 5.41) is 11.1. The van der Waals surface area contributed by atoms with Crippen molar-refractivity contribution < 1.29 is 35.9 Å². The van der Waals surface area contributed by atoms with Crippen LogP contribution in [0.25, 0.3) is 20.7 Å². The Morgan fingerprint density at radius 1 is 0.712 bits per heavy atom. The second-order valence-electron chi connectivity index (χ2n) is 14.2. The summed E-state index contributed by atoms with van der Waals surface area (Å²) in [6.45, 7) is 5.70. The minimum Gasteiger partial charge on any atom is -0.479 e. The second kappa shape index (κ2) is 23.6. The van der Waals surface area contributed by atoms with Gasteiger partial charge in [0.1, 0.15) is 12.7 Å². The maximum absolute atomic E-state index is 12.7. The van der Waals surface area contributed by atoms with Gasteiger partial charge >= 0.3 is 12.1 Å². The Hall–Kier alpha value is -4.31. The first-order valence-corrected chi connectivity index (χ1v) is 26.7. The SMILES string of the molecule is COc1ncnc2sc(NC(=O)N3CCN(Cc4ccc(Cl)cc4S(C)(=O)=O)CC3)nc12.COc1ncnc2sc(NC(=O)N3CCNCC3)nc12.CS(=O)(=O)c1cc(Cl)ccc1CBr.Cl. The number of amides is 4. The molecule has 2 fully saturated rings. The van der Waals surface area contributed by atoms with Gasteiger partial charge in [-0.05, 0) is 35.4 Å². The topological polar surface area (TPSA) is 244 Å². The van der Waals surface area contributed by atoms with Gasteiger partial charge < -0.3 is 24.6 Å². The number of methoxy groups -OCH3 is 2. The molecule has 20 nitrogen and oxygen atoms in total. The number of halogens is 4. The summed E-state index contributed by atoms with van der Waals surface area (Å²) < 4.78 is 57.1. The number of nitrogens with one attached hydrogen (secondary N) is 3. The average Bonchev–Trinajstić information content (AvgIpc) is 3.90. The number of piperazine rings is 2. The molecule has 66 heavy (non-hydrogen) atoms. The van der Waals surface area contributed by atoms with Crippen molar-refractivity contribution >= 4 is 137 Å². The van der Waals surface area contributed by atoms with Gasteiger partial charge in [-0.25, -0.2) is 46.4 Å². The van der Waals surface area contributed by atoms with Gasteiger partial charge in [0.25, 0.3) is 0 Å². The van der Waals surface area contributed by atoms with Crippen LogP contribution in [0.5, 0.6) is 11.8 Å². The first-order chi connectivity index (χ1) is 31.0. The molecule has 8 rings (SSSR count). The van der Waals surface area contributed by atoms with Crippen molar-refractivity contribution in [3.05, 3.63) is 70.2 Å². The fraction of sp³-hybridized carbons (Fsp3) is 0.368. The van der Waals surface area contributed by atoms with Crippen LogP contribution in [0.2, 0.25) is 10.0 Å². The first-order valence-electron chi connectivity index (χ1n) is 19.4. The summed E-state index contributed by atoms with van der Waals surface area (Å²) in [6.07, 6.45) is 5.15. The van der Waals surface area contributed by atoms with Gasteiger partial charge in [-0.2, -0.15) is 9.97 Å². The molecule has 2 aromatic carbocycles. The van der Waals surface area contributed by atoms with Crippen LogP contribution >= 0.6 is 74.2 Å². The molecule has 2 saturated heterocycles. The van der Waals surface area contributed by atoms with E-state index in [0.29, 0.717) is 109 Å². The van der Waals surface area contributed by atoms with Crippen molar-refractivity contribution in [2.45, 2.75) is 21.7 Å².